The first-order valence-corrected chi connectivity index (χ1v) is 8.60. The molecular formula is C16H14N4O2Se. The van der Waals surface area contributed by atoms with E-state index in [1.54, 1.807) is 18.3 Å². The standard InChI is InChI=1S/C16H14N4O2Se/c1-11-4-2-5-12(8-11)19-15(22)13-9-18-16(23-13)20(10-21)14-6-3-7-17-14/h2-10,17H,1H3,(H,19,22). The van der Waals surface area contributed by atoms with Gasteiger partial charge in [-0.05, 0) is 0 Å². The number of amides is 2. The van der Waals surface area contributed by atoms with Crippen molar-refractivity contribution in [3.8, 4) is 0 Å². The van der Waals surface area contributed by atoms with Crippen LogP contribution in [0.3, 0.4) is 0 Å². The molecule has 0 atom stereocenters. The number of nitrogens with one attached hydrogen (secondary N) is 2. The Kier molecular flexibility index (Phi) is 4.41. The molecule has 3 rings (SSSR count). The molecular weight excluding hydrogens is 359 g/mol. The summed E-state index contributed by atoms with van der Waals surface area (Å²) in [6.07, 6.45) is 3.95. The van der Waals surface area contributed by atoms with Crippen molar-refractivity contribution in [3.63, 3.8) is 0 Å². The number of carbonyl (C=O) groups is 2. The normalized spacial score (nSPS) is 10.3. The number of aromatic nitrogens is 2. The van der Waals surface area contributed by atoms with Gasteiger partial charge in [0.2, 0.25) is 0 Å². The van der Waals surface area contributed by atoms with Crippen molar-refractivity contribution in [3.05, 3.63) is 58.8 Å². The number of aromatic amines is 1. The third kappa shape index (κ3) is 3.41. The van der Waals surface area contributed by atoms with Gasteiger partial charge < -0.3 is 0 Å². The molecule has 0 fully saturated rings. The second-order valence-corrected chi connectivity index (χ2v) is 6.98. The van der Waals surface area contributed by atoms with E-state index in [0.717, 1.165) is 11.3 Å². The molecule has 0 bridgehead atoms. The summed E-state index contributed by atoms with van der Waals surface area (Å²) in [4.78, 5) is 32.2. The Labute approximate surface area is 138 Å². The Hall–Kier alpha value is -2.63. The van der Waals surface area contributed by atoms with Crippen molar-refractivity contribution in [1.29, 1.82) is 0 Å². The molecule has 0 saturated heterocycles. The van der Waals surface area contributed by atoms with Gasteiger partial charge >= 0.3 is 139 Å². The molecule has 23 heavy (non-hydrogen) atoms. The molecule has 1 aromatic carbocycles. The van der Waals surface area contributed by atoms with E-state index in [1.165, 1.54) is 11.1 Å². The molecule has 0 aliphatic heterocycles. The quantitative estimate of drug-likeness (QED) is 0.532. The predicted molar refractivity (Wildman–Crippen MR) is 89.3 cm³/mol. The van der Waals surface area contributed by atoms with Crippen LogP contribution in [0.2, 0.25) is 0 Å². The van der Waals surface area contributed by atoms with Crippen molar-refractivity contribution in [2.24, 2.45) is 0 Å². The molecule has 2 aromatic heterocycles. The van der Waals surface area contributed by atoms with Gasteiger partial charge in [0.15, 0.2) is 0 Å². The van der Waals surface area contributed by atoms with Gasteiger partial charge in [0.1, 0.15) is 0 Å². The average Bonchev–Trinajstić information content (AvgIpc) is 3.20. The van der Waals surface area contributed by atoms with Crippen LogP contribution in [0.15, 0.2) is 48.8 Å². The molecule has 0 spiro atoms. The number of carbonyl (C=O) groups excluding carboxylic acids is 2. The van der Waals surface area contributed by atoms with E-state index in [9.17, 15) is 9.59 Å². The number of aryl methyl sites for hydroxylation is 1. The van der Waals surface area contributed by atoms with Crippen LogP contribution >= 0.6 is 0 Å². The Morgan fingerprint density at radius 2 is 2.22 bits per heavy atom. The molecule has 0 aliphatic rings. The Bertz CT molecular complexity index is 826. The molecule has 2 amide bonds. The SMILES string of the molecule is Cc1cccc(NC(=O)c2cnc(N(C=O)c3ccc[nH]3)[se]2)c1. The van der Waals surface area contributed by atoms with E-state index in [2.05, 4.69) is 15.3 Å². The summed E-state index contributed by atoms with van der Waals surface area (Å²) in [5.41, 5.74) is 1.82. The zero-order valence-electron chi connectivity index (χ0n) is 12.3. The number of nitrogens with zero attached hydrogens (tertiary/aromatic N) is 2. The minimum atomic E-state index is -0.333. The summed E-state index contributed by atoms with van der Waals surface area (Å²) >= 11 is -0.333. The van der Waals surface area contributed by atoms with Crippen LogP contribution in [0.25, 0.3) is 0 Å². The van der Waals surface area contributed by atoms with Crippen molar-refractivity contribution in [1.82, 2.24) is 9.97 Å². The van der Waals surface area contributed by atoms with Crippen LogP contribution in [0, 0.1) is 6.92 Å². The molecule has 0 saturated carbocycles. The molecule has 116 valence electrons. The zero-order chi connectivity index (χ0) is 16.2. The van der Waals surface area contributed by atoms with Crippen LogP contribution < -0.4 is 10.2 Å². The molecule has 0 radical (unpaired) electrons. The van der Waals surface area contributed by atoms with Crippen LogP contribution in [0.5, 0.6) is 0 Å². The first kappa shape index (κ1) is 15.3. The van der Waals surface area contributed by atoms with E-state index in [4.69, 9.17) is 0 Å². The fraction of sp³-hybridized carbons (Fsp3) is 0.0625. The second kappa shape index (κ2) is 6.64. The van der Waals surface area contributed by atoms with Crippen molar-refractivity contribution < 1.29 is 9.59 Å². The molecule has 6 nitrogen and oxygen atoms in total. The van der Waals surface area contributed by atoms with Crippen molar-refractivity contribution in [2.45, 2.75) is 6.92 Å². The monoisotopic (exact) mass is 374 g/mol. The van der Waals surface area contributed by atoms with Gasteiger partial charge in [0.25, 0.3) is 0 Å². The van der Waals surface area contributed by atoms with E-state index < -0.39 is 0 Å². The Morgan fingerprint density at radius 3 is 2.91 bits per heavy atom. The van der Waals surface area contributed by atoms with Gasteiger partial charge in [-0.25, -0.2) is 0 Å². The summed E-state index contributed by atoms with van der Waals surface area (Å²) in [5, 5.41) is 2.86. The summed E-state index contributed by atoms with van der Waals surface area (Å²) in [5.74, 6) is 0.445. The molecule has 2 N–H and O–H groups in total. The van der Waals surface area contributed by atoms with E-state index in [1.807, 2.05) is 31.2 Å². The maximum absolute atomic E-state index is 12.3. The maximum atomic E-state index is 12.3. The summed E-state index contributed by atoms with van der Waals surface area (Å²) < 4.78 is 1.15. The molecule has 7 heteroatoms. The van der Waals surface area contributed by atoms with Gasteiger partial charge in [0, 0.05) is 0 Å². The number of rotatable bonds is 5. The molecule has 0 unspecified atom stereocenters. The van der Waals surface area contributed by atoms with Crippen molar-refractivity contribution in [2.75, 3.05) is 10.2 Å². The number of hydrogen-bond acceptors (Lipinski definition) is 3. The summed E-state index contributed by atoms with van der Waals surface area (Å²) in [6.45, 7) is 1.97. The van der Waals surface area contributed by atoms with Gasteiger partial charge in [0.05, 0.1) is 0 Å². The van der Waals surface area contributed by atoms with Crippen LogP contribution in [0.4, 0.5) is 16.2 Å². The Balaban J connectivity index is 1.78. The van der Waals surface area contributed by atoms with Crippen molar-refractivity contribution >= 4 is 43.0 Å². The van der Waals surface area contributed by atoms with Crippen LogP contribution in [0.1, 0.15) is 14.8 Å². The third-order valence-corrected chi connectivity index (χ3v) is 5.23. The van der Waals surface area contributed by atoms with Gasteiger partial charge in [-0.3, -0.25) is 0 Å². The number of H-pyrrole nitrogens is 1. The zero-order valence-corrected chi connectivity index (χ0v) is 14.0. The van der Waals surface area contributed by atoms with E-state index in [-0.39, 0.29) is 20.4 Å². The number of benzene rings is 1. The molecule has 3 aromatic rings. The fourth-order valence-corrected chi connectivity index (χ4v) is 3.73. The first-order valence-electron chi connectivity index (χ1n) is 6.89. The fourth-order valence-electron chi connectivity index (χ4n) is 2.07. The topological polar surface area (TPSA) is 78.1 Å². The second-order valence-electron chi connectivity index (χ2n) is 4.86. The molecule has 0 aliphatic carbocycles. The third-order valence-electron chi connectivity index (χ3n) is 3.15. The number of hydrogen-bond donors (Lipinski definition) is 2. The Morgan fingerprint density at radius 1 is 1.35 bits per heavy atom. The van der Waals surface area contributed by atoms with Crippen LogP contribution in [-0.2, 0) is 4.79 Å². The van der Waals surface area contributed by atoms with Gasteiger partial charge in [-0.2, -0.15) is 0 Å². The average molecular weight is 373 g/mol. The molecule has 2 heterocycles. The predicted octanol–water partition coefficient (Wildman–Crippen LogP) is 2.32. The summed E-state index contributed by atoms with van der Waals surface area (Å²) in [7, 11) is 0. The number of anilines is 3. The van der Waals surface area contributed by atoms with Crippen LogP contribution in [-0.4, -0.2) is 36.8 Å². The minimum absolute atomic E-state index is 0.188. The van der Waals surface area contributed by atoms with E-state index in [0.29, 0.717) is 21.4 Å². The van der Waals surface area contributed by atoms with Gasteiger partial charge in [-0.15, -0.1) is 0 Å². The van der Waals surface area contributed by atoms with E-state index >= 15 is 0 Å². The first-order chi connectivity index (χ1) is 11.2. The van der Waals surface area contributed by atoms with Gasteiger partial charge in [-0.1, -0.05) is 0 Å². The summed E-state index contributed by atoms with van der Waals surface area (Å²) in [6, 6.07) is 11.2.